The molecule has 0 bridgehead atoms. The lowest BCUT2D eigenvalue weighted by Crippen LogP contribution is -2.09. The number of hydrogen-bond donors (Lipinski definition) is 1. The van der Waals surface area contributed by atoms with Crippen molar-refractivity contribution in [2.24, 2.45) is 0 Å². The van der Waals surface area contributed by atoms with Gasteiger partial charge in [0.05, 0.1) is 5.56 Å². The summed E-state index contributed by atoms with van der Waals surface area (Å²) in [6.45, 7) is 3.67. The molecule has 0 aliphatic rings. The zero-order valence-electron chi connectivity index (χ0n) is 11.5. The largest absolute Gasteiger partial charge is 0.477 e. The molecule has 2 aromatic rings. The van der Waals surface area contributed by atoms with Crippen molar-refractivity contribution in [2.45, 2.75) is 26.1 Å². The van der Waals surface area contributed by atoms with Crippen LogP contribution in [-0.2, 0) is 6.18 Å². The second-order valence-corrected chi connectivity index (χ2v) is 5.00. The highest BCUT2D eigenvalue weighted by atomic mass is 19.4. The van der Waals surface area contributed by atoms with Crippen LogP contribution in [0.4, 0.5) is 13.2 Å². The molecular weight excluding hydrogens is 283 g/mol. The predicted octanol–water partition coefficient (Wildman–Crippen LogP) is 4.45. The van der Waals surface area contributed by atoms with E-state index < -0.39 is 17.7 Å². The van der Waals surface area contributed by atoms with Crippen molar-refractivity contribution < 1.29 is 23.1 Å². The third-order valence-corrected chi connectivity index (χ3v) is 3.17. The molecule has 3 nitrogen and oxygen atoms in total. The average Bonchev–Trinajstić information content (AvgIpc) is 2.83. The summed E-state index contributed by atoms with van der Waals surface area (Å²) in [6.07, 6.45) is -2.74. The number of aromatic carboxylic acids is 1. The Bertz CT molecular complexity index is 655. The van der Waals surface area contributed by atoms with Crippen molar-refractivity contribution in [2.75, 3.05) is 0 Å². The SMILES string of the molecule is CC(C)n1cc(-c2ccc(C(F)(F)F)cc2)cc1C(=O)O. The number of aromatic nitrogens is 1. The van der Waals surface area contributed by atoms with Gasteiger partial charge in [0.1, 0.15) is 5.69 Å². The number of benzene rings is 1. The van der Waals surface area contributed by atoms with Gasteiger partial charge in [0, 0.05) is 17.8 Å². The van der Waals surface area contributed by atoms with Gasteiger partial charge in [-0.15, -0.1) is 0 Å². The number of hydrogen-bond acceptors (Lipinski definition) is 1. The molecule has 1 N–H and O–H groups in total. The van der Waals surface area contributed by atoms with Crippen molar-refractivity contribution in [1.29, 1.82) is 0 Å². The smallest absolute Gasteiger partial charge is 0.416 e. The van der Waals surface area contributed by atoms with Gasteiger partial charge in [-0.05, 0) is 37.6 Å². The summed E-state index contributed by atoms with van der Waals surface area (Å²) in [6, 6.07) is 6.07. The summed E-state index contributed by atoms with van der Waals surface area (Å²) < 4.78 is 39.1. The molecule has 1 aromatic heterocycles. The Hall–Kier alpha value is -2.24. The van der Waals surface area contributed by atoms with Crippen LogP contribution in [0.5, 0.6) is 0 Å². The van der Waals surface area contributed by atoms with E-state index in [4.69, 9.17) is 5.11 Å². The Kier molecular flexibility index (Phi) is 3.80. The number of carbonyl (C=O) groups is 1. The van der Waals surface area contributed by atoms with Crippen LogP contribution in [0.25, 0.3) is 11.1 Å². The molecule has 112 valence electrons. The van der Waals surface area contributed by atoms with Crippen molar-refractivity contribution in [3.05, 3.63) is 47.8 Å². The molecule has 1 heterocycles. The van der Waals surface area contributed by atoms with Crippen LogP contribution in [0, 0.1) is 0 Å². The standard InChI is InChI=1S/C15H14F3NO2/c1-9(2)19-8-11(7-13(19)14(20)21)10-3-5-12(6-4-10)15(16,17)18/h3-9H,1-2H3,(H,20,21). The number of carboxylic acid groups (broad SMARTS) is 1. The molecule has 0 saturated heterocycles. The van der Waals surface area contributed by atoms with E-state index in [9.17, 15) is 18.0 Å². The first-order valence-electron chi connectivity index (χ1n) is 6.33. The molecule has 0 saturated carbocycles. The molecule has 2 rings (SSSR count). The topological polar surface area (TPSA) is 42.2 Å². The van der Waals surface area contributed by atoms with Crippen LogP contribution < -0.4 is 0 Å². The van der Waals surface area contributed by atoms with Crippen LogP contribution in [-0.4, -0.2) is 15.6 Å². The van der Waals surface area contributed by atoms with Crippen molar-refractivity contribution in [3.8, 4) is 11.1 Å². The minimum absolute atomic E-state index is 0.0562. The quantitative estimate of drug-likeness (QED) is 0.909. The lowest BCUT2D eigenvalue weighted by Gasteiger charge is -2.09. The zero-order chi connectivity index (χ0) is 15.8. The van der Waals surface area contributed by atoms with Gasteiger partial charge in [0.15, 0.2) is 0 Å². The fourth-order valence-corrected chi connectivity index (χ4v) is 2.09. The molecule has 0 radical (unpaired) electrons. The summed E-state index contributed by atoms with van der Waals surface area (Å²) in [7, 11) is 0. The number of rotatable bonds is 3. The van der Waals surface area contributed by atoms with Crippen LogP contribution in [0.3, 0.4) is 0 Å². The maximum absolute atomic E-state index is 12.5. The van der Waals surface area contributed by atoms with Gasteiger partial charge in [0.25, 0.3) is 0 Å². The van der Waals surface area contributed by atoms with Gasteiger partial charge < -0.3 is 9.67 Å². The van der Waals surface area contributed by atoms with Gasteiger partial charge in [-0.1, -0.05) is 12.1 Å². The molecule has 0 aliphatic heterocycles. The Balaban J connectivity index is 2.43. The number of carboxylic acids is 1. The normalized spacial score (nSPS) is 11.9. The molecule has 0 spiro atoms. The minimum Gasteiger partial charge on any atom is -0.477 e. The van der Waals surface area contributed by atoms with E-state index in [1.807, 2.05) is 13.8 Å². The Morgan fingerprint density at radius 1 is 1.14 bits per heavy atom. The monoisotopic (exact) mass is 297 g/mol. The highest BCUT2D eigenvalue weighted by molar-refractivity contribution is 5.88. The van der Waals surface area contributed by atoms with Crippen LogP contribution >= 0.6 is 0 Å². The van der Waals surface area contributed by atoms with Gasteiger partial charge in [-0.25, -0.2) is 4.79 Å². The zero-order valence-corrected chi connectivity index (χ0v) is 11.5. The van der Waals surface area contributed by atoms with E-state index in [0.717, 1.165) is 12.1 Å². The highest BCUT2D eigenvalue weighted by Crippen LogP contribution is 2.31. The maximum Gasteiger partial charge on any atom is 0.416 e. The molecule has 0 amide bonds. The number of halogens is 3. The van der Waals surface area contributed by atoms with Gasteiger partial charge in [-0.2, -0.15) is 13.2 Å². The van der Waals surface area contributed by atoms with Crippen molar-refractivity contribution in [3.63, 3.8) is 0 Å². The fourth-order valence-electron chi connectivity index (χ4n) is 2.09. The van der Waals surface area contributed by atoms with E-state index in [2.05, 4.69) is 0 Å². The predicted molar refractivity (Wildman–Crippen MR) is 72.2 cm³/mol. The minimum atomic E-state index is -4.38. The Morgan fingerprint density at radius 3 is 2.10 bits per heavy atom. The van der Waals surface area contributed by atoms with Crippen LogP contribution in [0.1, 0.15) is 35.9 Å². The number of alkyl halides is 3. The van der Waals surface area contributed by atoms with Gasteiger partial charge >= 0.3 is 12.1 Å². The summed E-state index contributed by atoms with van der Waals surface area (Å²) in [5.74, 6) is -1.07. The van der Waals surface area contributed by atoms with Crippen molar-refractivity contribution in [1.82, 2.24) is 4.57 Å². The van der Waals surface area contributed by atoms with E-state index in [1.165, 1.54) is 18.2 Å². The molecule has 0 fully saturated rings. The average molecular weight is 297 g/mol. The highest BCUT2D eigenvalue weighted by Gasteiger charge is 2.30. The third kappa shape index (κ3) is 3.09. The number of nitrogens with zero attached hydrogens (tertiary/aromatic N) is 1. The first kappa shape index (κ1) is 15.2. The molecular formula is C15H14F3NO2. The second kappa shape index (κ2) is 5.27. The summed E-state index contributed by atoms with van der Waals surface area (Å²) in [5, 5.41) is 9.16. The maximum atomic E-state index is 12.5. The third-order valence-electron chi connectivity index (χ3n) is 3.17. The first-order valence-corrected chi connectivity index (χ1v) is 6.33. The summed E-state index contributed by atoms with van der Waals surface area (Å²) in [4.78, 5) is 11.2. The molecule has 0 unspecified atom stereocenters. The lowest BCUT2D eigenvalue weighted by molar-refractivity contribution is -0.137. The molecule has 6 heteroatoms. The first-order chi connectivity index (χ1) is 9.70. The van der Waals surface area contributed by atoms with E-state index in [-0.39, 0.29) is 11.7 Å². The molecule has 0 atom stereocenters. The Labute approximate surface area is 119 Å². The lowest BCUT2D eigenvalue weighted by atomic mass is 10.1. The molecule has 1 aromatic carbocycles. The van der Waals surface area contributed by atoms with Gasteiger partial charge in [0.2, 0.25) is 0 Å². The fraction of sp³-hybridized carbons (Fsp3) is 0.267. The van der Waals surface area contributed by atoms with E-state index in [0.29, 0.717) is 11.1 Å². The molecule has 0 aliphatic carbocycles. The molecule has 21 heavy (non-hydrogen) atoms. The second-order valence-electron chi connectivity index (χ2n) is 5.00. The van der Waals surface area contributed by atoms with E-state index in [1.54, 1.807) is 10.8 Å². The van der Waals surface area contributed by atoms with Crippen molar-refractivity contribution >= 4 is 5.97 Å². The Morgan fingerprint density at radius 2 is 1.71 bits per heavy atom. The van der Waals surface area contributed by atoms with Crippen LogP contribution in [0.2, 0.25) is 0 Å². The summed E-state index contributed by atoms with van der Waals surface area (Å²) in [5.41, 5.74) is 0.507. The van der Waals surface area contributed by atoms with Gasteiger partial charge in [-0.3, -0.25) is 0 Å². The van der Waals surface area contributed by atoms with Crippen LogP contribution in [0.15, 0.2) is 36.5 Å². The van der Waals surface area contributed by atoms with E-state index >= 15 is 0 Å². The summed E-state index contributed by atoms with van der Waals surface area (Å²) >= 11 is 0.